The summed E-state index contributed by atoms with van der Waals surface area (Å²) in [6.07, 6.45) is -1.64. The molecule has 1 heterocycles. The summed E-state index contributed by atoms with van der Waals surface area (Å²) >= 11 is 0. The zero-order valence-corrected chi connectivity index (χ0v) is 9.60. The van der Waals surface area contributed by atoms with E-state index in [1.54, 1.807) is 0 Å². The van der Waals surface area contributed by atoms with Crippen LogP contribution in [0.1, 0.15) is 13.8 Å². The number of hydrogen-bond acceptors (Lipinski definition) is 6. The van der Waals surface area contributed by atoms with Gasteiger partial charge in [0.1, 0.15) is 6.10 Å². The fraction of sp³-hybridized carbons (Fsp3) is 0.800. The first kappa shape index (κ1) is 12.9. The molecule has 0 aromatic heterocycles. The van der Waals surface area contributed by atoms with E-state index in [4.69, 9.17) is 18.9 Å². The van der Waals surface area contributed by atoms with Gasteiger partial charge in [0.05, 0.1) is 13.2 Å². The summed E-state index contributed by atoms with van der Waals surface area (Å²) in [6, 6.07) is 0. The highest BCUT2D eigenvalue weighted by Crippen LogP contribution is 2.18. The van der Waals surface area contributed by atoms with E-state index in [0.29, 0.717) is 6.61 Å². The third-order valence-corrected chi connectivity index (χ3v) is 2.22. The molecule has 0 aliphatic carbocycles. The molecule has 92 valence electrons. The Morgan fingerprint density at radius 3 is 2.12 bits per heavy atom. The number of methoxy groups -OCH3 is 1. The van der Waals surface area contributed by atoms with Gasteiger partial charge in [-0.3, -0.25) is 9.59 Å². The van der Waals surface area contributed by atoms with Crippen LogP contribution in [0.3, 0.4) is 0 Å². The molecule has 1 saturated heterocycles. The first-order valence-corrected chi connectivity index (χ1v) is 4.99. The van der Waals surface area contributed by atoms with Crippen LogP contribution in [0.2, 0.25) is 0 Å². The first-order valence-electron chi connectivity index (χ1n) is 4.99. The maximum absolute atomic E-state index is 10.9. The Labute approximate surface area is 93.8 Å². The summed E-state index contributed by atoms with van der Waals surface area (Å²) in [6.45, 7) is 3.11. The average molecular weight is 232 g/mol. The second kappa shape index (κ2) is 5.81. The zero-order valence-electron chi connectivity index (χ0n) is 9.60. The van der Waals surface area contributed by atoms with Crippen molar-refractivity contribution >= 4 is 11.9 Å². The topological polar surface area (TPSA) is 71.1 Å². The van der Waals surface area contributed by atoms with Crippen molar-refractivity contribution in [3.8, 4) is 0 Å². The van der Waals surface area contributed by atoms with Gasteiger partial charge in [0.2, 0.25) is 0 Å². The van der Waals surface area contributed by atoms with Crippen LogP contribution in [-0.4, -0.2) is 50.6 Å². The fourth-order valence-corrected chi connectivity index (χ4v) is 1.59. The molecule has 16 heavy (non-hydrogen) atoms. The molecular weight excluding hydrogens is 216 g/mol. The lowest BCUT2D eigenvalue weighted by molar-refractivity contribution is -0.203. The number of ether oxygens (including phenoxy) is 4. The highest BCUT2D eigenvalue weighted by molar-refractivity contribution is 5.67. The minimum Gasteiger partial charge on any atom is -0.456 e. The van der Waals surface area contributed by atoms with Gasteiger partial charge in [-0.05, 0) is 0 Å². The van der Waals surface area contributed by atoms with Crippen LogP contribution in [0, 0.1) is 0 Å². The molecule has 0 N–H and O–H groups in total. The molecule has 0 radical (unpaired) electrons. The minimum atomic E-state index is -0.611. The van der Waals surface area contributed by atoms with Gasteiger partial charge in [-0.2, -0.15) is 0 Å². The van der Waals surface area contributed by atoms with Crippen molar-refractivity contribution in [2.45, 2.75) is 32.2 Å². The molecule has 0 aromatic rings. The van der Waals surface area contributed by atoms with Gasteiger partial charge >= 0.3 is 11.9 Å². The summed E-state index contributed by atoms with van der Waals surface area (Å²) < 4.78 is 20.4. The Balaban J connectivity index is 2.69. The van der Waals surface area contributed by atoms with Crippen molar-refractivity contribution in [2.24, 2.45) is 0 Å². The lowest BCUT2D eigenvalue weighted by Crippen LogP contribution is -2.52. The molecule has 0 amide bonds. The van der Waals surface area contributed by atoms with E-state index in [1.807, 2.05) is 0 Å². The molecule has 0 saturated carbocycles. The lowest BCUT2D eigenvalue weighted by atomic mass is 10.1. The van der Waals surface area contributed by atoms with E-state index in [9.17, 15) is 9.59 Å². The molecule has 0 bridgehead atoms. The lowest BCUT2D eigenvalue weighted by Gasteiger charge is -2.35. The average Bonchev–Trinajstić information content (AvgIpc) is 2.19. The summed E-state index contributed by atoms with van der Waals surface area (Å²) in [4.78, 5) is 21.8. The standard InChI is InChI=1S/C10H16O6/c1-6(11)15-9-5-14-4-8(13-3)10(9)16-7(2)12/h8-10H,4-5H2,1-3H3/t8-,9-,10-/m0/s1. The van der Waals surface area contributed by atoms with Gasteiger partial charge in [-0.15, -0.1) is 0 Å². The molecule has 0 aromatic carbocycles. The van der Waals surface area contributed by atoms with Crippen molar-refractivity contribution in [1.82, 2.24) is 0 Å². The summed E-state index contributed by atoms with van der Waals surface area (Å²) in [5.41, 5.74) is 0. The van der Waals surface area contributed by atoms with Gasteiger partial charge in [0.15, 0.2) is 12.2 Å². The molecule has 3 atom stereocenters. The number of rotatable bonds is 3. The number of hydrogen-bond donors (Lipinski definition) is 0. The van der Waals surface area contributed by atoms with Crippen LogP contribution >= 0.6 is 0 Å². The van der Waals surface area contributed by atoms with E-state index in [2.05, 4.69) is 0 Å². The number of carbonyl (C=O) groups excluding carboxylic acids is 2. The van der Waals surface area contributed by atoms with Gasteiger partial charge in [0, 0.05) is 21.0 Å². The SMILES string of the molecule is CO[C@H]1COC[C@H](OC(C)=O)[C@H]1OC(C)=O. The van der Waals surface area contributed by atoms with Gasteiger partial charge in [-0.25, -0.2) is 0 Å². The summed E-state index contributed by atoms with van der Waals surface area (Å²) in [7, 11) is 1.49. The van der Waals surface area contributed by atoms with Crippen LogP contribution in [0.4, 0.5) is 0 Å². The van der Waals surface area contributed by atoms with Crippen molar-refractivity contribution in [3.05, 3.63) is 0 Å². The number of esters is 2. The highest BCUT2D eigenvalue weighted by Gasteiger charge is 2.38. The second-order valence-corrected chi connectivity index (χ2v) is 3.53. The molecule has 6 heteroatoms. The van der Waals surface area contributed by atoms with Crippen LogP contribution in [0.15, 0.2) is 0 Å². The summed E-state index contributed by atoms with van der Waals surface area (Å²) in [5, 5.41) is 0. The van der Waals surface area contributed by atoms with E-state index in [0.717, 1.165) is 0 Å². The van der Waals surface area contributed by atoms with Gasteiger partial charge in [-0.1, -0.05) is 0 Å². The maximum Gasteiger partial charge on any atom is 0.303 e. The van der Waals surface area contributed by atoms with Crippen molar-refractivity contribution in [1.29, 1.82) is 0 Å². The zero-order chi connectivity index (χ0) is 12.1. The van der Waals surface area contributed by atoms with Crippen molar-refractivity contribution < 1.29 is 28.5 Å². The Kier molecular flexibility index (Phi) is 4.70. The number of carbonyl (C=O) groups is 2. The smallest absolute Gasteiger partial charge is 0.303 e. The fourth-order valence-electron chi connectivity index (χ4n) is 1.59. The molecule has 1 rings (SSSR count). The van der Waals surface area contributed by atoms with E-state index in [1.165, 1.54) is 21.0 Å². The maximum atomic E-state index is 10.9. The van der Waals surface area contributed by atoms with E-state index >= 15 is 0 Å². The van der Waals surface area contributed by atoms with Gasteiger partial charge < -0.3 is 18.9 Å². The Morgan fingerprint density at radius 1 is 1.06 bits per heavy atom. The normalized spacial score (nSPS) is 29.6. The van der Waals surface area contributed by atoms with Gasteiger partial charge in [0.25, 0.3) is 0 Å². The quantitative estimate of drug-likeness (QED) is 0.632. The van der Waals surface area contributed by atoms with Crippen LogP contribution in [0.25, 0.3) is 0 Å². The van der Waals surface area contributed by atoms with Crippen molar-refractivity contribution in [2.75, 3.05) is 20.3 Å². The third kappa shape index (κ3) is 3.46. The van der Waals surface area contributed by atoms with E-state index < -0.39 is 30.3 Å². The minimum absolute atomic E-state index is 0.206. The van der Waals surface area contributed by atoms with Crippen LogP contribution < -0.4 is 0 Å². The van der Waals surface area contributed by atoms with Crippen molar-refractivity contribution in [3.63, 3.8) is 0 Å². The molecule has 0 spiro atoms. The Hall–Kier alpha value is -1.14. The van der Waals surface area contributed by atoms with Crippen LogP contribution in [-0.2, 0) is 28.5 Å². The Morgan fingerprint density at radius 2 is 1.62 bits per heavy atom. The predicted octanol–water partition coefficient (Wildman–Crippen LogP) is -0.105. The predicted molar refractivity (Wildman–Crippen MR) is 52.7 cm³/mol. The monoisotopic (exact) mass is 232 g/mol. The molecule has 1 aliphatic heterocycles. The summed E-state index contributed by atoms with van der Waals surface area (Å²) in [5.74, 6) is -0.881. The molecule has 0 unspecified atom stereocenters. The van der Waals surface area contributed by atoms with Crippen LogP contribution in [0.5, 0.6) is 0 Å². The molecule has 1 fully saturated rings. The second-order valence-electron chi connectivity index (χ2n) is 3.53. The molecule has 6 nitrogen and oxygen atoms in total. The molecular formula is C10H16O6. The van der Waals surface area contributed by atoms with E-state index in [-0.39, 0.29) is 6.61 Å². The largest absolute Gasteiger partial charge is 0.456 e. The Bertz CT molecular complexity index is 264. The third-order valence-electron chi connectivity index (χ3n) is 2.22. The molecule has 1 aliphatic rings. The first-order chi connectivity index (χ1) is 7.54. The highest BCUT2D eigenvalue weighted by atomic mass is 16.6.